The van der Waals surface area contributed by atoms with Crippen molar-refractivity contribution in [2.45, 2.75) is 45.6 Å². The van der Waals surface area contributed by atoms with E-state index in [2.05, 4.69) is 22.1 Å². The largest absolute Gasteiger partial charge is 0.365 e. The van der Waals surface area contributed by atoms with Gasteiger partial charge in [0.2, 0.25) is 0 Å². The van der Waals surface area contributed by atoms with E-state index in [1.54, 1.807) is 6.07 Å². The number of carbonyl (C=O) groups excluding carboxylic acids is 1. The van der Waals surface area contributed by atoms with Gasteiger partial charge in [-0.2, -0.15) is 0 Å². The average Bonchev–Trinajstić information content (AvgIpc) is 2.47. The van der Waals surface area contributed by atoms with Gasteiger partial charge in [0.15, 0.2) is 0 Å². The van der Waals surface area contributed by atoms with Crippen molar-refractivity contribution < 1.29 is 4.79 Å². The van der Waals surface area contributed by atoms with Crippen LogP contribution in [0.3, 0.4) is 0 Å². The number of hydrogen-bond acceptors (Lipinski definition) is 4. The van der Waals surface area contributed by atoms with E-state index in [0.29, 0.717) is 11.6 Å². The molecule has 0 bridgehead atoms. The van der Waals surface area contributed by atoms with Gasteiger partial charge in [-0.05, 0) is 44.9 Å². The van der Waals surface area contributed by atoms with E-state index in [4.69, 9.17) is 5.73 Å². The third-order valence-electron chi connectivity index (χ3n) is 3.93. The van der Waals surface area contributed by atoms with Gasteiger partial charge in [0, 0.05) is 24.8 Å². The number of aryl methyl sites for hydroxylation is 1. The number of aromatic nitrogens is 1. The zero-order valence-electron chi connectivity index (χ0n) is 13.1. The van der Waals surface area contributed by atoms with Crippen LogP contribution in [0.2, 0.25) is 0 Å². The van der Waals surface area contributed by atoms with E-state index in [1.807, 2.05) is 13.0 Å². The van der Waals surface area contributed by atoms with Gasteiger partial charge in [0.1, 0.15) is 5.82 Å². The van der Waals surface area contributed by atoms with Crippen LogP contribution in [0.1, 0.15) is 48.7 Å². The molecular formula is C16H26N4O. The third-order valence-corrected chi connectivity index (χ3v) is 3.93. The molecule has 1 aliphatic heterocycles. The summed E-state index contributed by atoms with van der Waals surface area (Å²) in [4.78, 5) is 18.5. The predicted molar refractivity (Wildman–Crippen MR) is 85.6 cm³/mol. The summed E-state index contributed by atoms with van der Waals surface area (Å²) >= 11 is 0. The molecule has 1 saturated heterocycles. The van der Waals surface area contributed by atoms with Crippen LogP contribution in [0.4, 0.5) is 5.82 Å². The molecule has 1 unspecified atom stereocenters. The van der Waals surface area contributed by atoms with E-state index >= 15 is 0 Å². The van der Waals surface area contributed by atoms with Gasteiger partial charge in [-0.15, -0.1) is 0 Å². The molecule has 1 amide bonds. The van der Waals surface area contributed by atoms with Crippen LogP contribution in [0.15, 0.2) is 12.1 Å². The summed E-state index contributed by atoms with van der Waals surface area (Å²) in [5.74, 6) is 0.326. The van der Waals surface area contributed by atoms with Gasteiger partial charge in [0.05, 0.1) is 5.56 Å². The molecule has 0 saturated carbocycles. The molecular weight excluding hydrogens is 264 g/mol. The first-order valence-corrected chi connectivity index (χ1v) is 7.87. The zero-order chi connectivity index (χ0) is 15.2. The smallest absolute Gasteiger partial charge is 0.252 e. The number of rotatable bonds is 6. The summed E-state index contributed by atoms with van der Waals surface area (Å²) in [5.41, 5.74) is 6.94. The molecule has 21 heavy (non-hydrogen) atoms. The summed E-state index contributed by atoms with van der Waals surface area (Å²) < 4.78 is 0. The lowest BCUT2D eigenvalue weighted by Gasteiger charge is -2.32. The Bertz CT molecular complexity index is 483. The van der Waals surface area contributed by atoms with Crippen LogP contribution in [0.5, 0.6) is 0 Å². The molecule has 1 fully saturated rings. The number of nitrogens with one attached hydrogen (secondary N) is 1. The van der Waals surface area contributed by atoms with Gasteiger partial charge in [-0.1, -0.05) is 13.3 Å². The number of hydrogen-bond donors (Lipinski definition) is 2. The second-order valence-corrected chi connectivity index (χ2v) is 5.78. The summed E-state index contributed by atoms with van der Waals surface area (Å²) in [6.45, 7) is 6.92. The fourth-order valence-electron chi connectivity index (χ4n) is 2.88. The molecule has 1 aromatic heterocycles. The van der Waals surface area contributed by atoms with Crippen molar-refractivity contribution in [1.82, 2.24) is 10.3 Å². The van der Waals surface area contributed by atoms with Gasteiger partial charge in [-0.3, -0.25) is 4.79 Å². The highest BCUT2D eigenvalue weighted by atomic mass is 16.1. The number of primary amides is 1. The summed E-state index contributed by atoms with van der Waals surface area (Å²) in [7, 11) is 0. The van der Waals surface area contributed by atoms with Crippen molar-refractivity contribution in [1.29, 1.82) is 0 Å². The third kappa shape index (κ3) is 4.17. The van der Waals surface area contributed by atoms with Crippen LogP contribution in [-0.4, -0.2) is 36.6 Å². The quantitative estimate of drug-likeness (QED) is 0.838. The normalized spacial score (nSPS) is 18.5. The number of nitrogens with zero attached hydrogens (tertiary/aromatic N) is 2. The summed E-state index contributed by atoms with van der Waals surface area (Å²) in [6, 6.07) is 4.09. The Kier molecular flexibility index (Phi) is 5.56. The van der Waals surface area contributed by atoms with Crippen LogP contribution >= 0.6 is 0 Å². The van der Waals surface area contributed by atoms with E-state index in [1.165, 1.54) is 19.3 Å². The highest BCUT2D eigenvalue weighted by Gasteiger charge is 2.21. The number of anilines is 1. The van der Waals surface area contributed by atoms with E-state index < -0.39 is 5.91 Å². The van der Waals surface area contributed by atoms with Crippen LogP contribution in [0.25, 0.3) is 0 Å². The Balaban J connectivity index is 2.23. The molecule has 1 aliphatic rings. The Morgan fingerprint density at radius 3 is 2.90 bits per heavy atom. The molecule has 5 heteroatoms. The lowest BCUT2D eigenvalue weighted by atomic mass is 10.0. The van der Waals surface area contributed by atoms with Crippen LogP contribution < -0.4 is 16.0 Å². The highest BCUT2D eigenvalue weighted by Crippen LogP contribution is 2.20. The van der Waals surface area contributed by atoms with Gasteiger partial charge in [0.25, 0.3) is 5.91 Å². The van der Waals surface area contributed by atoms with Crippen molar-refractivity contribution in [3.05, 3.63) is 23.4 Å². The maximum absolute atomic E-state index is 11.7. The monoisotopic (exact) mass is 290 g/mol. The Hall–Kier alpha value is -1.62. The molecule has 0 radical (unpaired) electrons. The maximum Gasteiger partial charge on any atom is 0.252 e. The minimum absolute atomic E-state index is 0.407. The SMILES string of the molecule is CCCN(CC1CCCCN1)c1nc(C)ccc1C(N)=O. The van der Waals surface area contributed by atoms with Crippen molar-refractivity contribution >= 4 is 11.7 Å². The van der Waals surface area contributed by atoms with Crippen molar-refractivity contribution in [2.75, 3.05) is 24.5 Å². The maximum atomic E-state index is 11.7. The molecule has 0 aliphatic carbocycles. The Morgan fingerprint density at radius 2 is 2.29 bits per heavy atom. The van der Waals surface area contributed by atoms with Crippen molar-refractivity contribution in [2.24, 2.45) is 5.73 Å². The van der Waals surface area contributed by atoms with E-state index in [9.17, 15) is 4.79 Å². The van der Waals surface area contributed by atoms with Gasteiger partial charge >= 0.3 is 0 Å². The molecule has 116 valence electrons. The second kappa shape index (κ2) is 7.41. The number of nitrogens with two attached hydrogens (primary N) is 1. The zero-order valence-corrected chi connectivity index (χ0v) is 13.1. The van der Waals surface area contributed by atoms with E-state index in [-0.39, 0.29) is 0 Å². The molecule has 1 atom stereocenters. The minimum Gasteiger partial charge on any atom is -0.365 e. The fourth-order valence-corrected chi connectivity index (χ4v) is 2.88. The van der Waals surface area contributed by atoms with Gasteiger partial charge < -0.3 is 16.0 Å². The number of piperidine rings is 1. The average molecular weight is 290 g/mol. The Labute approximate surface area is 126 Å². The minimum atomic E-state index is -0.407. The van der Waals surface area contributed by atoms with Crippen LogP contribution in [0, 0.1) is 6.92 Å². The molecule has 1 aromatic rings. The first-order chi connectivity index (χ1) is 10.1. The predicted octanol–water partition coefficient (Wildman–Crippen LogP) is 1.85. The second-order valence-electron chi connectivity index (χ2n) is 5.78. The summed E-state index contributed by atoms with van der Waals surface area (Å²) in [6.07, 6.45) is 4.71. The van der Waals surface area contributed by atoms with Crippen molar-refractivity contribution in [3.8, 4) is 0 Å². The highest BCUT2D eigenvalue weighted by molar-refractivity contribution is 5.97. The lowest BCUT2D eigenvalue weighted by Crippen LogP contribution is -2.44. The lowest BCUT2D eigenvalue weighted by molar-refractivity contribution is 0.100. The molecule has 0 aromatic carbocycles. The Morgan fingerprint density at radius 1 is 1.48 bits per heavy atom. The van der Waals surface area contributed by atoms with Gasteiger partial charge in [-0.25, -0.2) is 4.98 Å². The first-order valence-electron chi connectivity index (χ1n) is 7.87. The number of amides is 1. The summed E-state index contributed by atoms with van der Waals surface area (Å²) in [5, 5.41) is 3.56. The number of carbonyl (C=O) groups is 1. The molecule has 3 N–H and O–H groups in total. The van der Waals surface area contributed by atoms with E-state index in [0.717, 1.165) is 37.6 Å². The van der Waals surface area contributed by atoms with Crippen molar-refractivity contribution in [3.63, 3.8) is 0 Å². The number of pyridine rings is 1. The first kappa shape index (κ1) is 15.8. The van der Waals surface area contributed by atoms with Crippen LogP contribution in [-0.2, 0) is 0 Å². The molecule has 2 heterocycles. The molecule has 5 nitrogen and oxygen atoms in total. The molecule has 2 rings (SSSR count). The standard InChI is InChI=1S/C16H26N4O/c1-3-10-20(11-13-6-4-5-9-18-13)16-14(15(17)21)8-7-12(2)19-16/h7-8,13,18H,3-6,9-11H2,1-2H3,(H2,17,21). The topological polar surface area (TPSA) is 71.2 Å². The fraction of sp³-hybridized carbons (Fsp3) is 0.625. The molecule has 0 spiro atoms.